The first-order chi connectivity index (χ1) is 10.5. The van der Waals surface area contributed by atoms with E-state index in [0.717, 1.165) is 35.2 Å². The van der Waals surface area contributed by atoms with Crippen molar-refractivity contribution in [3.63, 3.8) is 0 Å². The molecule has 0 aliphatic rings. The average Bonchev–Trinajstić information content (AvgIpc) is 2.49. The Hall–Kier alpha value is -2.49. The Morgan fingerprint density at radius 1 is 1.09 bits per heavy atom. The molecule has 0 aromatic heterocycles. The number of hydrogen-bond donors (Lipinski definition) is 3. The van der Waals surface area contributed by atoms with E-state index in [1.54, 1.807) is 12.1 Å². The van der Waals surface area contributed by atoms with Crippen LogP contribution in [0, 0.1) is 13.8 Å². The van der Waals surface area contributed by atoms with Gasteiger partial charge in [-0.05, 0) is 61.6 Å². The van der Waals surface area contributed by atoms with E-state index in [-0.39, 0.29) is 11.8 Å². The van der Waals surface area contributed by atoms with Crippen LogP contribution in [0.2, 0.25) is 0 Å². The number of phenolic OH excluding ortho intramolecular Hbond substituents is 1. The summed E-state index contributed by atoms with van der Waals surface area (Å²) in [6, 6.07) is 12.9. The summed E-state index contributed by atoms with van der Waals surface area (Å²) in [4.78, 5) is 11.9. The first-order valence-electron chi connectivity index (χ1n) is 7.44. The summed E-state index contributed by atoms with van der Waals surface area (Å²) in [6.45, 7) is 4.58. The van der Waals surface area contributed by atoms with Crippen LogP contribution in [0.5, 0.6) is 5.75 Å². The smallest absolute Gasteiger partial charge is 0.319 e. The van der Waals surface area contributed by atoms with Crippen LogP contribution in [0.15, 0.2) is 42.5 Å². The lowest BCUT2D eigenvalue weighted by atomic mass is 10.1. The van der Waals surface area contributed by atoms with Crippen LogP contribution in [0.4, 0.5) is 10.5 Å². The number of carbonyl (C=O) groups is 1. The van der Waals surface area contributed by atoms with Gasteiger partial charge in [-0.25, -0.2) is 4.79 Å². The van der Waals surface area contributed by atoms with E-state index in [0.29, 0.717) is 6.54 Å². The number of phenols is 1. The predicted octanol–water partition coefficient (Wildman–Crippen LogP) is 3.76. The lowest BCUT2D eigenvalue weighted by molar-refractivity contribution is 0.252. The normalized spacial score (nSPS) is 10.3. The molecule has 2 aromatic rings. The molecule has 0 aliphatic carbocycles. The van der Waals surface area contributed by atoms with Crippen LogP contribution in [-0.4, -0.2) is 17.7 Å². The van der Waals surface area contributed by atoms with Gasteiger partial charge in [0.15, 0.2) is 0 Å². The van der Waals surface area contributed by atoms with Gasteiger partial charge in [-0.1, -0.05) is 24.3 Å². The van der Waals surface area contributed by atoms with Crippen LogP contribution < -0.4 is 10.6 Å². The number of carbonyl (C=O) groups excluding carboxylic acids is 1. The van der Waals surface area contributed by atoms with Gasteiger partial charge < -0.3 is 15.7 Å². The zero-order chi connectivity index (χ0) is 15.9. The third-order valence-corrected chi connectivity index (χ3v) is 3.51. The molecule has 0 saturated carbocycles. The number of anilines is 1. The molecule has 0 aliphatic heterocycles. The van der Waals surface area contributed by atoms with Crippen LogP contribution in [0.1, 0.15) is 23.1 Å². The van der Waals surface area contributed by atoms with Gasteiger partial charge in [-0.15, -0.1) is 0 Å². The van der Waals surface area contributed by atoms with Crippen LogP contribution in [-0.2, 0) is 6.42 Å². The van der Waals surface area contributed by atoms with Crippen molar-refractivity contribution in [3.05, 3.63) is 59.2 Å². The van der Waals surface area contributed by atoms with Crippen molar-refractivity contribution < 1.29 is 9.90 Å². The molecule has 4 nitrogen and oxygen atoms in total. The Morgan fingerprint density at radius 3 is 2.55 bits per heavy atom. The second-order valence-corrected chi connectivity index (χ2v) is 5.47. The fourth-order valence-electron chi connectivity index (χ4n) is 2.19. The summed E-state index contributed by atoms with van der Waals surface area (Å²) in [5.74, 6) is 0.273. The topological polar surface area (TPSA) is 61.4 Å². The molecule has 2 rings (SSSR count). The predicted molar refractivity (Wildman–Crippen MR) is 89.4 cm³/mol. The molecule has 0 unspecified atom stereocenters. The van der Waals surface area contributed by atoms with Gasteiger partial charge in [0.1, 0.15) is 5.75 Å². The number of benzene rings is 2. The Bertz CT molecular complexity index is 636. The molecule has 0 saturated heterocycles. The molecule has 4 heteroatoms. The van der Waals surface area contributed by atoms with Crippen molar-refractivity contribution in [1.29, 1.82) is 0 Å². The first kappa shape index (κ1) is 15.9. The number of nitrogens with one attached hydrogen (secondary N) is 2. The molecule has 116 valence electrons. The largest absolute Gasteiger partial charge is 0.508 e. The third-order valence-electron chi connectivity index (χ3n) is 3.51. The number of urea groups is 1. The Labute approximate surface area is 131 Å². The summed E-state index contributed by atoms with van der Waals surface area (Å²) in [7, 11) is 0. The maximum atomic E-state index is 11.9. The number of rotatable bonds is 5. The fourth-order valence-corrected chi connectivity index (χ4v) is 2.19. The fraction of sp³-hybridized carbons (Fsp3) is 0.278. The minimum atomic E-state index is -0.181. The highest BCUT2D eigenvalue weighted by Gasteiger charge is 2.04. The van der Waals surface area contributed by atoms with Crippen molar-refractivity contribution >= 4 is 11.7 Å². The van der Waals surface area contributed by atoms with Gasteiger partial charge in [0, 0.05) is 12.2 Å². The van der Waals surface area contributed by atoms with Crippen molar-refractivity contribution in [3.8, 4) is 5.75 Å². The van der Waals surface area contributed by atoms with Gasteiger partial charge >= 0.3 is 6.03 Å². The van der Waals surface area contributed by atoms with E-state index in [9.17, 15) is 9.90 Å². The van der Waals surface area contributed by atoms with E-state index in [1.165, 1.54) is 0 Å². The van der Waals surface area contributed by atoms with Crippen molar-refractivity contribution in [2.45, 2.75) is 26.7 Å². The molecule has 0 radical (unpaired) electrons. The highest BCUT2D eigenvalue weighted by molar-refractivity contribution is 5.90. The summed E-state index contributed by atoms with van der Waals surface area (Å²) >= 11 is 0. The summed E-state index contributed by atoms with van der Waals surface area (Å²) < 4.78 is 0. The van der Waals surface area contributed by atoms with Gasteiger partial charge in [-0.3, -0.25) is 0 Å². The summed E-state index contributed by atoms with van der Waals surface area (Å²) in [5, 5.41) is 15.0. The van der Waals surface area contributed by atoms with Crippen molar-refractivity contribution in [1.82, 2.24) is 5.32 Å². The van der Waals surface area contributed by atoms with E-state index in [2.05, 4.69) is 10.6 Å². The molecule has 3 N–H and O–H groups in total. The van der Waals surface area contributed by atoms with E-state index < -0.39 is 0 Å². The number of aryl methyl sites for hydroxylation is 3. The molecule has 2 aromatic carbocycles. The highest BCUT2D eigenvalue weighted by atomic mass is 16.3. The molecule has 22 heavy (non-hydrogen) atoms. The molecule has 2 amide bonds. The maximum absolute atomic E-state index is 11.9. The van der Waals surface area contributed by atoms with E-state index in [1.807, 2.05) is 44.2 Å². The quantitative estimate of drug-likeness (QED) is 0.736. The lowest BCUT2D eigenvalue weighted by Gasteiger charge is -2.10. The highest BCUT2D eigenvalue weighted by Crippen LogP contribution is 2.16. The second kappa shape index (κ2) is 7.50. The molecule has 0 atom stereocenters. The van der Waals surface area contributed by atoms with Gasteiger partial charge in [0.2, 0.25) is 0 Å². The molecular weight excluding hydrogens is 276 g/mol. The molecule has 0 spiro atoms. The third kappa shape index (κ3) is 4.81. The summed E-state index contributed by atoms with van der Waals surface area (Å²) in [5.41, 5.74) is 4.16. The Kier molecular flexibility index (Phi) is 5.42. The van der Waals surface area contributed by atoms with Gasteiger partial charge in [0.25, 0.3) is 0 Å². The van der Waals surface area contributed by atoms with Crippen LogP contribution in [0.3, 0.4) is 0 Å². The summed E-state index contributed by atoms with van der Waals surface area (Å²) in [6.07, 6.45) is 1.72. The van der Waals surface area contributed by atoms with Gasteiger partial charge in [-0.2, -0.15) is 0 Å². The van der Waals surface area contributed by atoms with Gasteiger partial charge in [0.05, 0.1) is 0 Å². The van der Waals surface area contributed by atoms with E-state index >= 15 is 0 Å². The van der Waals surface area contributed by atoms with Crippen LogP contribution >= 0.6 is 0 Å². The Balaban J connectivity index is 1.74. The number of hydrogen-bond acceptors (Lipinski definition) is 2. The first-order valence-corrected chi connectivity index (χ1v) is 7.44. The maximum Gasteiger partial charge on any atom is 0.319 e. The number of aromatic hydroxyl groups is 1. The molecule has 0 heterocycles. The van der Waals surface area contributed by atoms with Crippen molar-refractivity contribution in [2.75, 3.05) is 11.9 Å². The molecule has 0 fully saturated rings. The lowest BCUT2D eigenvalue weighted by Crippen LogP contribution is -2.30. The minimum Gasteiger partial charge on any atom is -0.508 e. The second-order valence-electron chi connectivity index (χ2n) is 5.47. The standard InChI is InChI=1S/C18H22N2O2/c1-13-5-6-14(2)17(12-13)20-18(22)19-11-3-4-15-7-9-16(21)10-8-15/h5-10,12,21H,3-4,11H2,1-2H3,(H2,19,20,22). The van der Waals surface area contributed by atoms with E-state index in [4.69, 9.17) is 0 Å². The van der Waals surface area contributed by atoms with Crippen LogP contribution in [0.25, 0.3) is 0 Å². The Morgan fingerprint density at radius 2 is 1.82 bits per heavy atom. The van der Waals surface area contributed by atoms with Crippen molar-refractivity contribution in [2.24, 2.45) is 0 Å². The zero-order valence-electron chi connectivity index (χ0n) is 13.0. The molecule has 0 bridgehead atoms. The molecular formula is C18H22N2O2. The number of amides is 2. The average molecular weight is 298 g/mol. The minimum absolute atomic E-state index is 0.181. The zero-order valence-corrected chi connectivity index (χ0v) is 13.0. The SMILES string of the molecule is Cc1ccc(C)c(NC(=O)NCCCc2ccc(O)cc2)c1. The monoisotopic (exact) mass is 298 g/mol.